The average Bonchev–Trinajstić information content (AvgIpc) is 2.53. The number of carboxylic acid groups (broad SMARTS) is 1. The van der Waals surface area contributed by atoms with Crippen LogP contribution in [0.1, 0.15) is 23.5 Å². The molecule has 0 aliphatic heterocycles. The first-order valence-electron chi connectivity index (χ1n) is 6.98. The van der Waals surface area contributed by atoms with Crippen LogP contribution in [0, 0.1) is 0 Å². The Morgan fingerprint density at radius 3 is 2.52 bits per heavy atom. The third kappa shape index (κ3) is 5.75. The van der Waals surface area contributed by atoms with E-state index in [1.807, 2.05) is 30.3 Å². The van der Waals surface area contributed by atoms with Crippen LogP contribution in [0.4, 0.5) is 0 Å². The van der Waals surface area contributed by atoms with Crippen LogP contribution in [0.15, 0.2) is 48.5 Å². The van der Waals surface area contributed by atoms with E-state index in [1.165, 1.54) is 0 Å². The van der Waals surface area contributed by atoms with Gasteiger partial charge >= 0.3 is 5.97 Å². The molecule has 0 spiro atoms. The predicted octanol–water partition coefficient (Wildman–Crippen LogP) is 3.86. The molecule has 0 radical (unpaired) electrons. The Kier molecular flexibility index (Phi) is 7.89. The number of ether oxygens (including phenoxy) is 1. The highest BCUT2D eigenvalue weighted by Gasteiger charge is 2.16. The molecule has 0 amide bonds. The van der Waals surface area contributed by atoms with Crippen LogP contribution < -0.4 is 10.5 Å². The SMILES string of the molecule is Cl.NC[C@H](CC(=O)O)c1ccc(Cl)c(OCc2ccccc2)c1. The van der Waals surface area contributed by atoms with Crippen molar-refractivity contribution in [3.05, 3.63) is 64.7 Å². The monoisotopic (exact) mass is 355 g/mol. The van der Waals surface area contributed by atoms with E-state index < -0.39 is 5.97 Å². The number of rotatable bonds is 7. The second-order valence-corrected chi connectivity index (χ2v) is 5.40. The Hall–Kier alpha value is -1.75. The van der Waals surface area contributed by atoms with Crippen LogP contribution in [-0.2, 0) is 11.4 Å². The lowest BCUT2D eigenvalue weighted by atomic mass is 9.96. The van der Waals surface area contributed by atoms with Crippen molar-refractivity contribution >= 4 is 30.0 Å². The fraction of sp³-hybridized carbons (Fsp3) is 0.235. The second-order valence-electron chi connectivity index (χ2n) is 4.99. The van der Waals surface area contributed by atoms with Crippen molar-refractivity contribution in [1.82, 2.24) is 0 Å². The van der Waals surface area contributed by atoms with Crippen LogP contribution in [0.2, 0.25) is 5.02 Å². The van der Waals surface area contributed by atoms with Gasteiger partial charge in [0.15, 0.2) is 0 Å². The van der Waals surface area contributed by atoms with Gasteiger partial charge in [-0.15, -0.1) is 12.4 Å². The summed E-state index contributed by atoms with van der Waals surface area (Å²) in [6, 6.07) is 15.0. The first-order chi connectivity index (χ1) is 10.6. The molecule has 0 unspecified atom stereocenters. The third-order valence-electron chi connectivity index (χ3n) is 3.37. The fourth-order valence-corrected chi connectivity index (χ4v) is 2.34. The maximum atomic E-state index is 10.9. The van der Waals surface area contributed by atoms with Crippen LogP contribution >= 0.6 is 24.0 Å². The van der Waals surface area contributed by atoms with Crippen molar-refractivity contribution in [2.75, 3.05) is 6.54 Å². The molecule has 0 saturated heterocycles. The van der Waals surface area contributed by atoms with Gasteiger partial charge in [-0.3, -0.25) is 4.79 Å². The number of halogens is 2. The topological polar surface area (TPSA) is 72.6 Å². The van der Waals surface area contributed by atoms with E-state index in [4.69, 9.17) is 27.2 Å². The Morgan fingerprint density at radius 1 is 1.22 bits per heavy atom. The zero-order valence-corrected chi connectivity index (χ0v) is 14.0. The highest BCUT2D eigenvalue weighted by Crippen LogP contribution is 2.30. The molecule has 0 heterocycles. The van der Waals surface area contributed by atoms with Gasteiger partial charge in [0.05, 0.1) is 11.4 Å². The normalized spacial score (nSPS) is 11.4. The summed E-state index contributed by atoms with van der Waals surface area (Å²) in [6.45, 7) is 0.655. The summed E-state index contributed by atoms with van der Waals surface area (Å²) in [6.07, 6.45) is -0.0176. The summed E-state index contributed by atoms with van der Waals surface area (Å²) in [5.74, 6) is -0.599. The minimum absolute atomic E-state index is 0. The number of hydrogen-bond acceptors (Lipinski definition) is 3. The molecule has 0 fully saturated rings. The Balaban J connectivity index is 0.00000264. The summed E-state index contributed by atoms with van der Waals surface area (Å²) in [5, 5.41) is 9.43. The van der Waals surface area contributed by atoms with E-state index in [9.17, 15) is 4.79 Å². The van der Waals surface area contributed by atoms with E-state index >= 15 is 0 Å². The number of carbonyl (C=O) groups is 1. The molecule has 124 valence electrons. The summed E-state index contributed by atoms with van der Waals surface area (Å²) < 4.78 is 5.74. The second kappa shape index (κ2) is 9.40. The Bertz CT molecular complexity index is 635. The van der Waals surface area contributed by atoms with Gasteiger partial charge in [-0.1, -0.05) is 48.0 Å². The van der Waals surface area contributed by atoms with E-state index in [1.54, 1.807) is 18.2 Å². The highest BCUT2D eigenvalue weighted by molar-refractivity contribution is 6.32. The number of nitrogens with two attached hydrogens (primary N) is 1. The summed E-state index contributed by atoms with van der Waals surface area (Å²) in [4.78, 5) is 10.9. The van der Waals surface area contributed by atoms with Gasteiger partial charge in [0.25, 0.3) is 0 Å². The van der Waals surface area contributed by atoms with Gasteiger partial charge in [-0.2, -0.15) is 0 Å². The molecular formula is C17H19Cl2NO3. The molecule has 2 rings (SSSR count). The molecular weight excluding hydrogens is 337 g/mol. The van der Waals surface area contributed by atoms with Gasteiger partial charge in [-0.05, 0) is 29.8 Å². The van der Waals surface area contributed by atoms with E-state index in [-0.39, 0.29) is 31.3 Å². The molecule has 23 heavy (non-hydrogen) atoms. The van der Waals surface area contributed by atoms with Crippen LogP contribution in [0.25, 0.3) is 0 Å². The summed E-state index contributed by atoms with van der Waals surface area (Å²) in [7, 11) is 0. The van der Waals surface area contributed by atoms with Crippen LogP contribution in [0.5, 0.6) is 5.75 Å². The summed E-state index contributed by atoms with van der Waals surface area (Å²) >= 11 is 6.14. The molecule has 0 saturated carbocycles. The fourth-order valence-electron chi connectivity index (χ4n) is 2.17. The van der Waals surface area contributed by atoms with Gasteiger partial charge in [0, 0.05) is 5.92 Å². The molecule has 3 N–H and O–H groups in total. The van der Waals surface area contributed by atoms with Gasteiger partial charge < -0.3 is 15.6 Å². The maximum absolute atomic E-state index is 10.9. The molecule has 2 aromatic carbocycles. The van der Waals surface area contributed by atoms with Crippen molar-refractivity contribution in [1.29, 1.82) is 0 Å². The lowest BCUT2D eigenvalue weighted by molar-refractivity contribution is -0.137. The molecule has 6 heteroatoms. The average molecular weight is 356 g/mol. The molecule has 0 aliphatic carbocycles. The van der Waals surface area contributed by atoms with Gasteiger partial charge in [0.2, 0.25) is 0 Å². The molecule has 0 bridgehead atoms. The number of aliphatic carboxylic acids is 1. The zero-order chi connectivity index (χ0) is 15.9. The number of carboxylic acids is 1. The highest BCUT2D eigenvalue weighted by atomic mass is 35.5. The number of benzene rings is 2. The van der Waals surface area contributed by atoms with E-state index in [2.05, 4.69) is 0 Å². The molecule has 2 aromatic rings. The number of hydrogen-bond donors (Lipinski definition) is 2. The largest absolute Gasteiger partial charge is 0.487 e. The predicted molar refractivity (Wildman–Crippen MR) is 93.5 cm³/mol. The van der Waals surface area contributed by atoms with E-state index in [0.717, 1.165) is 11.1 Å². The first kappa shape index (κ1) is 19.3. The Labute approximate surface area is 146 Å². The van der Waals surface area contributed by atoms with Crippen molar-refractivity contribution in [3.63, 3.8) is 0 Å². The minimum atomic E-state index is -0.878. The Morgan fingerprint density at radius 2 is 1.91 bits per heavy atom. The molecule has 0 aromatic heterocycles. The molecule has 0 aliphatic rings. The quantitative estimate of drug-likeness (QED) is 0.790. The standard InChI is InChI=1S/C17H18ClNO3.ClH/c18-15-7-6-13(14(10-19)9-17(20)21)8-16(15)22-11-12-4-2-1-3-5-12;/h1-8,14H,9-11,19H2,(H,20,21);1H/t14-;/m0./s1. The van der Waals surface area contributed by atoms with Crippen molar-refractivity contribution in [2.45, 2.75) is 18.9 Å². The molecule has 1 atom stereocenters. The lowest BCUT2D eigenvalue weighted by Crippen LogP contribution is -2.16. The van der Waals surface area contributed by atoms with E-state index in [0.29, 0.717) is 17.4 Å². The minimum Gasteiger partial charge on any atom is -0.487 e. The van der Waals surface area contributed by atoms with Gasteiger partial charge in [-0.25, -0.2) is 0 Å². The van der Waals surface area contributed by atoms with Gasteiger partial charge in [0.1, 0.15) is 12.4 Å². The smallest absolute Gasteiger partial charge is 0.304 e. The lowest BCUT2D eigenvalue weighted by Gasteiger charge is -2.15. The van der Waals surface area contributed by atoms with Crippen LogP contribution in [-0.4, -0.2) is 17.6 Å². The first-order valence-corrected chi connectivity index (χ1v) is 7.36. The third-order valence-corrected chi connectivity index (χ3v) is 3.68. The van der Waals surface area contributed by atoms with Crippen molar-refractivity contribution in [2.24, 2.45) is 5.73 Å². The molecule has 4 nitrogen and oxygen atoms in total. The zero-order valence-electron chi connectivity index (χ0n) is 12.4. The maximum Gasteiger partial charge on any atom is 0.304 e. The van der Waals surface area contributed by atoms with Crippen molar-refractivity contribution < 1.29 is 14.6 Å². The van der Waals surface area contributed by atoms with Crippen LogP contribution in [0.3, 0.4) is 0 Å². The summed E-state index contributed by atoms with van der Waals surface area (Å²) in [5.41, 5.74) is 7.52. The van der Waals surface area contributed by atoms with Crippen molar-refractivity contribution in [3.8, 4) is 5.75 Å².